The predicted molar refractivity (Wildman–Crippen MR) is 149 cm³/mol. The van der Waals surface area contributed by atoms with Crippen LogP contribution in [0, 0.1) is 0 Å². The van der Waals surface area contributed by atoms with Crippen molar-refractivity contribution < 1.29 is 27.8 Å². The topological polar surface area (TPSA) is 59.4 Å². The second-order valence-electron chi connectivity index (χ2n) is 9.08. The fourth-order valence-electron chi connectivity index (χ4n) is 4.58. The van der Waals surface area contributed by atoms with E-state index < -0.39 is 17.7 Å². The number of carboxylic acids is 1. The zero-order valence-corrected chi connectivity index (χ0v) is 22.2. The number of aromatic nitrogens is 1. The summed E-state index contributed by atoms with van der Waals surface area (Å²) in [5.74, 6) is -1.04. The van der Waals surface area contributed by atoms with Crippen LogP contribution in [0.25, 0.3) is 22.0 Å². The SMILES string of the molecule is O=C(O)c1cc(Cl)c(OCc2cccc(-c3c(Cc4ccccc4)cnc4c(C(F)(F)F)cccc34)c2)c(Cl)c1. The van der Waals surface area contributed by atoms with Gasteiger partial charge in [0.15, 0.2) is 5.75 Å². The number of aromatic carboxylic acids is 1. The number of alkyl halides is 3. The number of carbonyl (C=O) groups is 1. The Morgan fingerprint density at radius 2 is 1.55 bits per heavy atom. The normalized spacial score (nSPS) is 11.5. The minimum absolute atomic E-state index is 0.0323. The molecule has 0 aliphatic carbocycles. The highest BCUT2D eigenvalue weighted by Crippen LogP contribution is 2.40. The molecule has 4 nitrogen and oxygen atoms in total. The van der Waals surface area contributed by atoms with Crippen LogP contribution in [-0.2, 0) is 19.2 Å². The number of carboxylic acid groups (broad SMARTS) is 1. The van der Waals surface area contributed by atoms with Crippen molar-refractivity contribution in [2.24, 2.45) is 0 Å². The Kier molecular flexibility index (Phi) is 7.70. The molecule has 40 heavy (non-hydrogen) atoms. The van der Waals surface area contributed by atoms with Crippen LogP contribution in [0.1, 0.15) is 32.6 Å². The van der Waals surface area contributed by atoms with E-state index in [-0.39, 0.29) is 33.5 Å². The Bertz CT molecular complexity index is 1700. The molecule has 5 rings (SSSR count). The summed E-state index contributed by atoms with van der Waals surface area (Å²) < 4.78 is 47.4. The Balaban J connectivity index is 1.57. The number of pyridine rings is 1. The van der Waals surface area contributed by atoms with Crippen LogP contribution in [-0.4, -0.2) is 16.1 Å². The molecule has 0 aliphatic rings. The molecule has 0 unspecified atom stereocenters. The monoisotopic (exact) mass is 581 g/mol. The summed E-state index contributed by atoms with van der Waals surface area (Å²) in [5.41, 5.74) is 2.80. The quantitative estimate of drug-likeness (QED) is 0.208. The summed E-state index contributed by atoms with van der Waals surface area (Å²) in [6.07, 6.45) is -2.58. The van der Waals surface area contributed by atoms with Crippen LogP contribution in [0.5, 0.6) is 5.75 Å². The predicted octanol–water partition coefficient (Wildman–Crippen LogP) is 9.10. The number of rotatable bonds is 7. The average molecular weight is 582 g/mol. The third kappa shape index (κ3) is 5.76. The molecule has 0 bridgehead atoms. The van der Waals surface area contributed by atoms with E-state index >= 15 is 0 Å². The van der Waals surface area contributed by atoms with E-state index in [4.69, 9.17) is 27.9 Å². The summed E-state index contributed by atoms with van der Waals surface area (Å²) in [6, 6.07) is 23.4. The van der Waals surface area contributed by atoms with Gasteiger partial charge in [-0.05, 0) is 58.5 Å². The van der Waals surface area contributed by atoms with Crippen LogP contribution in [0.4, 0.5) is 13.2 Å². The lowest BCUT2D eigenvalue weighted by molar-refractivity contribution is -0.136. The van der Waals surface area contributed by atoms with Gasteiger partial charge in [-0.3, -0.25) is 4.98 Å². The van der Waals surface area contributed by atoms with E-state index in [2.05, 4.69) is 4.98 Å². The minimum Gasteiger partial charge on any atom is -0.486 e. The maximum Gasteiger partial charge on any atom is 0.418 e. The van der Waals surface area contributed by atoms with Crippen LogP contribution in [0.15, 0.2) is 91.1 Å². The van der Waals surface area contributed by atoms with Crippen molar-refractivity contribution in [1.29, 1.82) is 0 Å². The lowest BCUT2D eigenvalue weighted by Gasteiger charge is -2.17. The second-order valence-corrected chi connectivity index (χ2v) is 9.90. The lowest BCUT2D eigenvalue weighted by Crippen LogP contribution is -2.07. The molecule has 0 amide bonds. The van der Waals surface area contributed by atoms with E-state index in [0.717, 1.165) is 17.2 Å². The zero-order chi connectivity index (χ0) is 28.4. The molecule has 0 radical (unpaired) electrons. The molecule has 1 aromatic heterocycles. The van der Waals surface area contributed by atoms with Gasteiger partial charge in [0, 0.05) is 11.6 Å². The first-order valence-electron chi connectivity index (χ1n) is 12.1. The molecule has 9 heteroatoms. The fraction of sp³-hybridized carbons (Fsp3) is 0.0968. The van der Waals surface area contributed by atoms with Crippen molar-refractivity contribution in [3.05, 3.63) is 129 Å². The molecule has 0 saturated carbocycles. The van der Waals surface area contributed by atoms with E-state index in [1.165, 1.54) is 24.4 Å². The van der Waals surface area contributed by atoms with Crippen LogP contribution in [0.3, 0.4) is 0 Å². The van der Waals surface area contributed by atoms with Crippen molar-refractivity contribution >= 4 is 40.1 Å². The molecule has 5 aromatic rings. The first-order chi connectivity index (χ1) is 19.1. The first kappa shape index (κ1) is 27.5. The van der Waals surface area contributed by atoms with Crippen LogP contribution in [0.2, 0.25) is 10.0 Å². The highest BCUT2D eigenvalue weighted by molar-refractivity contribution is 6.37. The molecule has 0 spiro atoms. The molecule has 0 saturated heterocycles. The van der Waals surface area contributed by atoms with Gasteiger partial charge in [-0.2, -0.15) is 13.2 Å². The van der Waals surface area contributed by atoms with E-state index in [0.29, 0.717) is 28.5 Å². The summed E-state index contributed by atoms with van der Waals surface area (Å²) in [4.78, 5) is 15.5. The number of hydrogen-bond acceptors (Lipinski definition) is 3. The Labute approximate surface area is 237 Å². The van der Waals surface area contributed by atoms with Gasteiger partial charge in [0.1, 0.15) is 6.61 Å². The highest BCUT2D eigenvalue weighted by atomic mass is 35.5. The number of hydrogen-bond donors (Lipinski definition) is 1. The van der Waals surface area contributed by atoms with Gasteiger partial charge >= 0.3 is 12.1 Å². The van der Waals surface area contributed by atoms with Gasteiger partial charge in [0.25, 0.3) is 0 Å². The first-order valence-corrected chi connectivity index (χ1v) is 12.8. The van der Waals surface area contributed by atoms with Gasteiger partial charge in [0.05, 0.1) is 26.7 Å². The average Bonchev–Trinajstić information content (AvgIpc) is 2.92. The summed E-state index contributed by atoms with van der Waals surface area (Å²) >= 11 is 12.4. The largest absolute Gasteiger partial charge is 0.486 e. The molecule has 1 heterocycles. The van der Waals surface area contributed by atoms with E-state index in [1.54, 1.807) is 18.2 Å². The van der Waals surface area contributed by atoms with Gasteiger partial charge in [-0.1, -0.05) is 83.9 Å². The minimum atomic E-state index is -4.56. The maximum atomic E-state index is 13.8. The number of benzene rings is 4. The van der Waals surface area contributed by atoms with Gasteiger partial charge < -0.3 is 9.84 Å². The van der Waals surface area contributed by atoms with E-state index in [9.17, 15) is 23.1 Å². The molecular formula is C31H20Cl2F3NO3. The summed E-state index contributed by atoms with van der Waals surface area (Å²) in [5, 5.41) is 9.68. The van der Waals surface area contributed by atoms with Crippen molar-refractivity contribution in [2.45, 2.75) is 19.2 Å². The highest BCUT2D eigenvalue weighted by Gasteiger charge is 2.33. The van der Waals surface area contributed by atoms with Gasteiger partial charge in [-0.25, -0.2) is 4.79 Å². The third-order valence-corrected chi connectivity index (χ3v) is 6.92. The molecule has 0 fully saturated rings. The van der Waals surface area contributed by atoms with Crippen LogP contribution < -0.4 is 4.74 Å². The smallest absolute Gasteiger partial charge is 0.418 e. The molecule has 0 atom stereocenters. The standard InChI is InChI=1S/C31H20Cl2F3NO3/c32-25-14-21(30(38)39)15-26(33)29(25)40-17-19-8-4-9-20(13-19)27-22(12-18-6-2-1-3-7-18)16-37-28-23(27)10-5-11-24(28)31(34,35)36/h1-11,13-16H,12,17H2,(H,38,39). The maximum absolute atomic E-state index is 13.8. The zero-order valence-electron chi connectivity index (χ0n) is 20.7. The molecule has 202 valence electrons. The van der Waals surface area contributed by atoms with Crippen molar-refractivity contribution in [1.82, 2.24) is 4.98 Å². The van der Waals surface area contributed by atoms with E-state index in [1.807, 2.05) is 42.5 Å². The number of halogens is 5. The Morgan fingerprint density at radius 3 is 2.23 bits per heavy atom. The number of ether oxygens (including phenoxy) is 1. The fourth-order valence-corrected chi connectivity index (χ4v) is 5.17. The summed E-state index contributed by atoms with van der Waals surface area (Å²) in [7, 11) is 0. The second kappa shape index (κ2) is 11.2. The van der Waals surface area contributed by atoms with Crippen molar-refractivity contribution in [2.75, 3.05) is 0 Å². The lowest BCUT2D eigenvalue weighted by atomic mass is 9.91. The van der Waals surface area contributed by atoms with Crippen molar-refractivity contribution in [3.63, 3.8) is 0 Å². The Hall–Kier alpha value is -4.07. The Morgan fingerprint density at radius 1 is 0.875 bits per heavy atom. The number of fused-ring (bicyclic) bond motifs is 1. The third-order valence-electron chi connectivity index (χ3n) is 6.36. The molecule has 4 aromatic carbocycles. The van der Waals surface area contributed by atoms with Gasteiger partial charge in [-0.15, -0.1) is 0 Å². The van der Waals surface area contributed by atoms with Crippen LogP contribution >= 0.6 is 23.2 Å². The summed E-state index contributed by atoms with van der Waals surface area (Å²) in [6.45, 7) is 0.0323. The van der Waals surface area contributed by atoms with Crippen molar-refractivity contribution in [3.8, 4) is 16.9 Å². The van der Waals surface area contributed by atoms with Gasteiger partial charge in [0.2, 0.25) is 0 Å². The number of nitrogens with zero attached hydrogens (tertiary/aromatic N) is 1. The molecule has 1 N–H and O–H groups in total. The molecular weight excluding hydrogens is 562 g/mol. The molecule has 0 aliphatic heterocycles. The number of para-hydroxylation sites is 1.